The molecule has 27 heavy (non-hydrogen) atoms. The second-order valence-corrected chi connectivity index (χ2v) is 7.01. The van der Waals surface area contributed by atoms with Crippen LogP contribution in [0.25, 0.3) is 0 Å². The van der Waals surface area contributed by atoms with Gasteiger partial charge in [0.2, 0.25) is 0 Å². The maximum absolute atomic E-state index is 12.9. The van der Waals surface area contributed by atoms with E-state index in [2.05, 4.69) is 5.43 Å². The van der Waals surface area contributed by atoms with Gasteiger partial charge in [-0.2, -0.15) is 0 Å². The fourth-order valence-corrected chi connectivity index (χ4v) is 2.89. The minimum atomic E-state index is -4.05. The maximum atomic E-state index is 12.9. The van der Waals surface area contributed by atoms with Crippen molar-refractivity contribution in [2.45, 2.75) is 17.9 Å². The molecule has 2 aromatic rings. The molecule has 2 aromatic carbocycles. The minimum Gasteiger partial charge on any atom is -0.493 e. The monoisotopic (exact) mass is 398 g/mol. The van der Waals surface area contributed by atoms with E-state index >= 15 is 0 Å². The third kappa shape index (κ3) is 5.31. The number of methoxy groups -OCH3 is 2. The van der Waals surface area contributed by atoms with Gasteiger partial charge in [0, 0.05) is 6.07 Å². The Labute approximate surface area is 156 Å². The molecule has 0 saturated carbocycles. The normalized spacial score (nSPS) is 12.1. The number of carbonyl (C=O) groups is 1. The van der Waals surface area contributed by atoms with Crippen molar-refractivity contribution in [3.63, 3.8) is 0 Å². The van der Waals surface area contributed by atoms with E-state index in [9.17, 15) is 17.6 Å². The first-order chi connectivity index (χ1) is 12.8. The Balaban J connectivity index is 2.01. The van der Waals surface area contributed by atoms with E-state index in [0.29, 0.717) is 5.75 Å². The van der Waals surface area contributed by atoms with Gasteiger partial charge in [-0.15, -0.1) is 4.83 Å². The van der Waals surface area contributed by atoms with Gasteiger partial charge in [0.25, 0.3) is 15.9 Å². The molecule has 8 nitrogen and oxygen atoms in total. The summed E-state index contributed by atoms with van der Waals surface area (Å²) in [6, 6.07) is 9.05. The summed E-state index contributed by atoms with van der Waals surface area (Å²) in [4.78, 5) is 13.9. The van der Waals surface area contributed by atoms with Crippen LogP contribution in [0.1, 0.15) is 6.92 Å². The first-order valence-corrected chi connectivity index (χ1v) is 9.21. The molecule has 0 fully saturated rings. The van der Waals surface area contributed by atoms with Gasteiger partial charge in [-0.05, 0) is 43.3 Å². The van der Waals surface area contributed by atoms with E-state index < -0.39 is 27.9 Å². The van der Waals surface area contributed by atoms with E-state index in [1.165, 1.54) is 63.6 Å². The van der Waals surface area contributed by atoms with Crippen LogP contribution in [0.5, 0.6) is 17.2 Å². The number of nitrogens with one attached hydrogen (secondary N) is 2. The quantitative estimate of drug-likeness (QED) is 0.655. The number of hydrazine groups is 1. The summed E-state index contributed by atoms with van der Waals surface area (Å²) in [5.41, 5.74) is 2.07. The maximum Gasteiger partial charge on any atom is 0.275 e. The smallest absolute Gasteiger partial charge is 0.275 e. The van der Waals surface area contributed by atoms with Crippen molar-refractivity contribution in [3.8, 4) is 17.2 Å². The molecular formula is C17H19FN2O6S. The van der Waals surface area contributed by atoms with Gasteiger partial charge in [0.15, 0.2) is 17.6 Å². The summed E-state index contributed by atoms with van der Waals surface area (Å²) >= 11 is 0. The average Bonchev–Trinajstić information content (AvgIpc) is 2.67. The number of ether oxygens (including phenoxy) is 3. The Morgan fingerprint density at radius 3 is 2.26 bits per heavy atom. The second kappa shape index (κ2) is 8.69. The Bertz CT molecular complexity index is 902. The van der Waals surface area contributed by atoms with Crippen LogP contribution in [0.15, 0.2) is 47.4 Å². The van der Waals surface area contributed by atoms with Gasteiger partial charge in [-0.3, -0.25) is 10.2 Å². The fraction of sp³-hybridized carbons (Fsp3) is 0.235. The van der Waals surface area contributed by atoms with Crippen LogP contribution < -0.4 is 24.5 Å². The van der Waals surface area contributed by atoms with Crippen molar-refractivity contribution in [2.75, 3.05) is 14.2 Å². The molecule has 1 atom stereocenters. The summed E-state index contributed by atoms with van der Waals surface area (Å²) in [6.07, 6.45) is -1.02. The summed E-state index contributed by atoms with van der Waals surface area (Å²) in [6.45, 7) is 1.42. The van der Waals surface area contributed by atoms with E-state index in [1.807, 2.05) is 4.83 Å². The number of hydrogen-bond donors (Lipinski definition) is 2. The second-order valence-electron chi connectivity index (χ2n) is 5.33. The van der Waals surface area contributed by atoms with Gasteiger partial charge in [0.05, 0.1) is 19.1 Å². The molecule has 2 rings (SSSR count). The Kier molecular flexibility index (Phi) is 6.59. The Morgan fingerprint density at radius 2 is 1.67 bits per heavy atom. The average molecular weight is 398 g/mol. The van der Waals surface area contributed by atoms with Crippen LogP contribution in [-0.2, 0) is 14.8 Å². The van der Waals surface area contributed by atoms with Crippen molar-refractivity contribution < 1.29 is 31.8 Å². The first-order valence-electron chi connectivity index (χ1n) is 7.72. The Hall–Kier alpha value is -2.85. The minimum absolute atomic E-state index is 0.132. The molecule has 0 heterocycles. The van der Waals surface area contributed by atoms with Crippen LogP contribution in [0.4, 0.5) is 4.39 Å². The van der Waals surface area contributed by atoms with Gasteiger partial charge >= 0.3 is 0 Å². The predicted octanol–water partition coefficient (Wildman–Crippen LogP) is 1.62. The molecule has 0 aliphatic rings. The van der Waals surface area contributed by atoms with Gasteiger partial charge < -0.3 is 14.2 Å². The van der Waals surface area contributed by atoms with Gasteiger partial charge in [-0.25, -0.2) is 12.8 Å². The van der Waals surface area contributed by atoms with Crippen molar-refractivity contribution in [2.24, 2.45) is 0 Å². The molecule has 0 saturated heterocycles. The van der Waals surface area contributed by atoms with Crippen LogP contribution in [0.3, 0.4) is 0 Å². The third-order valence-corrected chi connectivity index (χ3v) is 4.71. The van der Waals surface area contributed by atoms with Crippen LogP contribution in [-0.4, -0.2) is 34.6 Å². The lowest BCUT2D eigenvalue weighted by Gasteiger charge is -2.15. The topological polar surface area (TPSA) is 103 Å². The number of carbonyl (C=O) groups excluding carboxylic acids is 1. The summed E-state index contributed by atoms with van der Waals surface area (Å²) < 4.78 is 52.9. The van der Waals surface area contributed by atoms with E-state index in [0.717, 1.165) is 0 Å². The highest BCUT2D eigenvalue weighted by atomic mass is 32.2. The standard InChI is InChI=1S/C17H19FN2O6S/c1-11(26-13-6-4-12(18)5-7-13)17(21)19-20-27(22,23)14-8-9-15(24-2)16(10-14)25-3/h4-11,20H,1-3H3,(H,19,21)/t11-/m1/s1. The molecule has 10 heteroatoms. The van der Waals surface area contributed by atoms with Gasteiger partial charge in [0.1, 0.15) is 11.6 Å². The number of halogens is 1. The van der Waals surface area contributed by atoms with Crippen LogP contribution >= 0.6 is 0 Å². The molecule has 0 spiro atoms. The molecule has 0 unspecified atom stereocenters. The highest BCUT2D eigenvalue weighted by molar-refractivity contribution is 7.89. The zero-order valence-corrected chi connectivity index (χ0v) is 15.7. The summed E-state index contributed by atoms with van der Waals surface area (Å²) in [7, 11) is -1.25. The zero-order chi connectivity index (χ0) is 20.0. The SMILES string of the molecule is COc1ccc(S(=O)(=O)NNC(=O)[C@@H](C)Oc2ccc(F)cc2)cc1OC. The fourth-order valence-electron chi connectivity index (χ4n) is 2.03. The van der Waals surface area contributed by atoms with E-state index in [-0.39, 0.29) is 16.4 Å². The van der Waals surface area contributed by atoms with Crippen LogP contribution in [0, 0.1) is 5.82 Å². The number of hydrogen-bond acceptors (Lipinski definition) is 6. The van der Waals surface area contributed by atoms with Gasteiger partial charge in [-0.1, -0.05) is 0 Å². The number of rotatable bonds is 8. The number of benzene rings is 2. The molecule has 0 aliphatic heterocycles. The molecule has 0 bridgehead atoms. The lowest BCUT2D eigenvalue weighted by Crippen LogP contribution is -2.47. The molecule has 0 radical (unpaired) electrons. The molecule has 2 N–H and O–H groups in total. The molecule has 1 amide bonds. The summed E-state index contributed by atoms with van der Waals surface area (Å²) in [5, 5.41) is 0. The third-order valence-electron chi connectivity index (χ3n) is 3.47. The van der Waals surface area contributed by atoms with Crippen LogP contribution in [0.2, 0.25) is 0 Å². The molecular weight excluding hydrogens is 379 g/mol. The van der Waals surface area contributed by atoms with E-state index in [4.69, 9.17) is 14.2 Å². The zero-order valence-electron chi connectivity index (χ0n) is 14.9. The Morgan fingerprint density at radius 1 is 1.04 bits per heavy atom. The highest BCUT2D eigenvalue weighted by Gasteiger charge is 2.20. The molecule has 0 aliphatic carbocycles. The molecule has 0 aromatic heterocycles. The predicted molar refractivity (Wildman–Crippen MR) is 94.5 cm³/mol. The van der Waals surface area contributed by atoms with E-state index in [1.54, 1.807) is 0 Å². The first kappa shape index (κ1) is 20.5. The summed E-state index contributed by atoms with van der Waals surface area (Å²) in [5.74, 6) is -0.325. The largest absolute Gasteiger partial charge is 0.493 e. The van der Waals surface area contributed by atoms with Crippen molar-refractivity contribution in [3.05, 3.63) is 48.3 Å². The molecule has 146 valence electrons. The van der Waals surface area contributed by atoms with Crippen molar-refractivity contribution >= 4 is 15.9 Å². The van der Waals surface area contributed by atoms with Crippen molar-refractivity contribution in [1.29, 1.82) is 0 Å². The highest BCUT2D eigenvalue weighted by Crippen LogP contribution is 2.29. The van der Waals surface area contributed by atoms with Crippen molar-refractivity contribution in [1.82, 2.24) is 10.3 Å². The number of sulfonamides is 1. The lowest BCUT2D eigenvalue weighted by molar-refractivity contribution is -0.127. The lowest BCUT2D eigenvalue weighted by atomic mass is 10.3. The number of amides is 1.